The maximum Gasteiger partial charge on any atom is 0.117 e. The maximum atomic E-state index is 12.5. The molecule has 0 radical (unpaired) electrons. The van der Waals surface area contributed by atoms with Crippen molar-refractivity contribution in [1.82, 2.24) is 5.32 Å². The van der Waals surface area contributed by atoms with Gasteiger partial charge in [-0.05, 0) is 30.9 Å². The van der Waals surface area contributed by atoms with Crippen molar-refractivity contribution in [2.24, 2.45) is 5.92 Å². The molecule has 3 heteroatoms. The third kappa shape index (κ3) is 2.31. The van der Waals surface area contributed by atoms with E-state index >= 15 is 0 Å². The number of nitrogens with one attached hydrogen (secondary N) is 1. The van der Waals surface area contributed by atoms with Crippen LogP contribution in [0, 0.1) is 5.92 Å². The summed E-state index contributed by atoms with van der Waals surface area (Å²) in [6, 6.07) is 3.78. The van der Waals surface area contributed by atoms with Crippen LogP contribution in [0.3, 0.4) is 0 Å². The molecule has 2 rings (SSSR count). The van der Waals surface area contributed by atoms with Crippen LogP contribution >= 0.6 is 0 Å². The number of halogens is 1. The fourth-order valence-corrected chi connectivity index (χ4v) is 1.49. The van der Waals surface area contributed by atoms with Crippen molar-refractivity contribution in [2.75, 3.05) is 6.67 Å². The van der Waals surface area contributed by atoms with E-state index in [0.717, 1.165) is 5.76 Å². The number of rotatable bonds is 5. The molecule has 0 aromatic carbocycles. The van der Waals surface area contributed by atoms with Crippen LogP contribution in [0.1, 0.15) is 18.6 Å². The van der Waals surface area contributed by atoms with E-state index < -0.39 is 0 Å². The van der Waals surface area contributed by atoms with Gasteiger partial charge in [0.15, 0.2) is 0 Å². The molecule has 0 amide bonds. The van der Waals surface area contributed by atoms with Gasteiger partial charge in [0.2, 0.25) is 0 Å². The largest absolute Gasteiger partial charge is 0.468 e. The van der Waals surface area contributed by atoms with Crippen LogP contribution in [-0.4, -0.2) is 12.7 Å². The molecule has 1 saturated carbocycles. The predicted octanol–water partition coefficient (Wildman–Crippen LogP) is 2.12. The minimum absolute atomic E-state index is 0.0325. The Hall–Kier alpha value is -0.830. The number of furan rings is 1. The van der Waals surface area contributed by atoms with Crippen LogP contribution in [0.5, 0.6) is 0 Å². The molecule has 1 atom stereocenters. The lowest BCUT2D eigenvalue weighted by atomic mass is 10.2. The fourth-order valence-electron chi connectivity index (χ4n) is 1.49. The molecule has 0 aliphatic heterocycles. The second kappa shape index (κ2) is 3.92. The summed E-state index contributed by atoms with van der Waals surface area (Å²) in [7, 11) is 0. The van der Waals surface area contributed by atoms with Crippen molar-refractivity contribution in [3.05, 3.63) is 24.2 Å². The molecule has 1 heterocycles. The van der Waals surface area contributed by atoms with E-state index in [1.54, 1.807) is 6.26 Å². The molecule has 1 fully saturated rings. The van der Waals surface area contributed by atoms with Gasteiger partial charge in [0.05, 0.1) is 12.8 Å². The lowest BCUT2D eigenvalue weighted by Gasteiger charge is -2.12. The normalized spacial score (nSPS) is 18.8. The van der Waals surface area contributed by atoms with Crippen molar-refractivity contribution in [1.29, 1.82) is 0 Å². The average molecular weight is 183 g/mol. The first-order chi connectivity index (χ1) is 6.40. The van der Waals surface area contributed by atoms with Crippen LogP contribution in [0.15, 0.2) is 22.8 Å². The zero-order valence-corrected chi connectivity index (χ0v) is 7.50. The van der Waals surface area contributed by atoms with E-state index in [-0.39, 0.29) is 12.7 Å². The molecule has 1 aromatic heterocycles. The Morgan fingerprint density at radius 2 is 2.46 bits per heavy atom. The first kappa shape index (κ1) is 8.75. The molecule has 1 aromatic rings. The first-order valence-electron chi connectivity index (χ1n) is 4.72. The van der Waals surface area contributed by atoms with Gasteiger partial charge < -0.3 is 9.73 Å². The molecule has 0 saturated heterocycles. The Morgan fingerprint density at radius 3 is 3.00 bits per heavy atom. The highest BCUT2D eigenvalue weighted by molar-refractivity contribution is 4.98. The third-order valence-electron chi connectivity index (χ3n) is 2.48. The van der Waals surface area contributed by atoms with Gasteiger partial charge in [-0.3, -0.25) is 0 Å². The van der Waals surface area contributed by atoms with Crippen molar-refractivity contribution < 1.29 is 8.81 Å². The molecule has 0 bridgehead atoms. The van der Waals surface area contributed by atoms with E-state index in [1.165, 1.54) is 12.8 Å². The minimum atomic E-state index is -0.272. The van der Waals surface area contributed by atoms with E-state index in [2.05, 4.69) is 5.32 Å². The molecular formula is C10H14FNO. The molecule has 1 unspecified atom stereocenters. The van der Waals surface area contributed by atoms with Gasteiger partial charge in [-0.1, -0.05) is 0 Å². The van der Waals surface area contributed by atoms with Crippen LogP contribution in [-0.2, 0) is 6.54 Å². The van der Waals surface area contributed by atoms with E-state index in [9.17, 15) is 4.39 Å². The number of hydrogen-bond acceptors (Lipinski definition) is 2. The summed E-state index contributed by atoms with van der Waals surface area (Å²) < 4.78 is 17.6. The number of alkyl halides is 1. The maximum absolute atomic E-state index is 12.5. The zero-order valence-electron chi connectivity index (χ0n) is 7.50. The lowest BCUT2D eigenvalue weighted by Crippen LogP contribution is -2.32. The van der Waals surface area contributed by atoms with E-state index in [0.29, 0.717) is 12.5 Å². The van der Waals surface area contributed by atoms with Gasteiger partial charge >= 0.3 is 0 Å². The first-order valence-corrected chi connectivity index (χ1v) is 4.72. The van der Waals surface area contributed by atoms with Crippen molar-refractivity contribution in [3.63, 3.8) is 0 Å². The molecule has 72 valence electrons. The Kier molecular flexibility index (Phi) is 2.64. The Bertz CT molecular complexity index is 243. The molecule has 2 nitrogen and oxygen atoms in total. The molecule has 1 aliphatic carbocycles. The Morgan fingerprint density at radius 1 is 1.62 bits per heavy atom. The highest BCUT2D eigenvalue weighted by Crippen LogP contribution is 2.32. The minimum Gasteiger partial charge on any atom is -0.468 e. The van der Waals surface area contributed by atoms with Crippen molar-refractivity contribution in [2.45, 2.75) is 25.4 Å². The second-order valence-electron chi connectivity index (χ2n) is 3.56. The number of hydrogen-bond donors (Lipinski definition) is 1. The fraction of sp³-hybridized carbons (Fsp3) is 0.600. The summed E-state index contributed by atoms with van der Waals surface area (Å²) in [5, 5.41) is 3.16. The summed E-state index contributed by atoms with van der Waals surface area (Å²) >= 11 is 0. The standard InChI is InChI=1S/C10H14FNO/c11-6-10(8-3-4-8)12-7-9-2-1-5-13-9/h1-2,5,8,10,12H,3-4,6-7H2. The van der Waals surface area contributed by atoms with Crippen LogP contribution < -0.4 is 5.32 Å². The van der Waals surface area contributed by atoms with Crippen LogP contribution in [0.25, 0.3) is 0 Å². The predicted molar refractivity (Wildman–Crippen MR) is 48.0 cm³/mol. The van der Waals surface area contributed by atoms with Gasteiger partial charge in [-0.2, -0.15) is 0 Å². The van der Waals surface area contributed by atoms with Gasteiger partial charge in [-0.25, -0.2) is 4.39 Å². The van der Waals surface area contributed by atoms with Gasteiger partial charge in [0.25, 0.3) is 0 Å². The summed E-state index contributed by atoms with van der Waals surface area (Å²) in [5.41, 5.74) is 0. The summed E-state index contributed by atoms with van der Waals surface area (Å²) in [4.78, 5) is 0. The van der Waals surface area contributed by atoms with Crippen molar-refractivity contribution >= 4 is 0 Å². The third-order valence-corrected chi connectivity index (χ3v) is 2.48. The van der Waals surface area contributed by atoms with Gasteiger partial charge in [0.1, 0.15) is 12.4 Å². The second-order valence-corrected chi connectivity index (χ2v) is 3.56. The lowest BCUT2D eigenvalue weighted by molar-refractivity contribution is 0.334. The highest BCUT2D eigenvalue weighted by Gasteiger charge is 2.30. The SMILES string of the molecule is FCC(NCc1ccco1)C1CC1. The average Bonchev–Trinajstić information content (AvgIpc) is 2.84. The summed E-state index contributed by atoms with van der Waals surface area (Å²) in [6.45, 7) is 0.365. The van der Waals surface area contributed by atoms with Crippen molar-refractivity contribution in [3.8, 4) is 0 Å². The molecule has 0 spiro atoms. The summed E-state index contributed by atoms with van der Waals surface area (Å²) in [6.07, 6.45) is 3.97. The molecule has 1 N–H and O–H groups in total. The topological polar surface area (TPSA) is 25.2 Å². The van der Waals surface area contributed by atoms with E-state index in [4.69, 9.17) is 4.42 Å². The molecule has 13 heavy (non-hydrogen) atoms. The summed E-state index contributed by atoms with van der Waals surface area (Å²) in [5.74, 6) is 1.43. The Labute approximate surface area is 77.1 Å². The monoisotopic (exact) mass is 183 g/mol. The van der Waals surface area contributed by atoms with E-state index in [1.807, 2.05) is 12.1 Å². The van der Waals surface area contributed by atoms with Gasteiger partial charge in [0, 0.05) is 6.04 Å². The van der Waals surface area contributed by atoms with Gasteiger partial charge in [-0.15, -0.1) is 0 Å². The molecule has 1 aliphatic rings. The highest BCUT2D eigenvalue weighted by atomic mass is 19.1. The van der Waals surface area contributed by atoms with Crippen LogP contribution in [0.4, 0.5) is 4.39 Å². The Balaban J connectivity index is 1.77. The smallest absolute Gasteiger partial charge is 0.117 e. The zero-order chi connectivity index (χ0) is 9.10. The molecular weight excluding hydrogens is 169 g/mol. The van der Waals surface area contributed by atoms with Crippen LogP contribution in [0.2, 0.25) is 0 Å². The quantitative estimate of drug-likeness (QED) is 0.756.